The molecule has 1 aliphatic rings. The Bertz CT molecular complexity index is 1550. The number of anilines is 1. The van der Waals surface area contributed by atoms with Gasteiger partial charge in [-0.15, -0.1) is 0 Å². The number of methoxy groups -OCH3 is 2. The Morgan fingerprint density at radius 1 is 1.07 bits per heavy atom. The van der Waals surface area contributed by atoms with E-state index in [0.29, 0.717) is 24.1 Å². The molecule has 212 valence electrons. The van der Waals surface area contributed by atoms with E-state index in [9.17, 15) is 22.0 Å². The molecule has 1 heterocycles. The molecule has 0 aromatic heterocycles. The van der Waals surface area contributed by atoms with Gasteiger partial charge in [-0.2, -0.15) is 0 Å². The van der Waals surface area contributed by atoms with Crippen LogP contribution < -0.4 is 9.04 Å². The monoisotopic (exact) mass is 589 g/mol. The first kappa shape index (κ1) is 29.6. The minimum atomic E-state index is -4.17. The Kier molecular flexibility index (Phi) is 8.56. The molecule has 0 radical (unpaired) electrons. The standard InChI is InChI=1S/C30H30ClF2NO5S/c1-30(2,29(35)39-4)17-20-14-21-10-8-19(9-12-23-24(31)6-5-7-25(23)32)15-27(21)34(18-20)40(36,37)22-11-13-26(33)28(16-22)38-3/h5-13,15-16,20H,14,17-18H2,1-4H3/b12-9+/t20-/m0/s1. The van der Waals surface area contributed by atoms with Gasteiger partial charge in [0.25, 0.3) is 10.0 Å². The molecule has 0 N–H and O–H groups in total. The highest BCUT2D eigenvalue weighted by Gasteiger charge is 2.38. The summed E-state index contributed by atoms with van der Waals surface area (Å²) in [6.07, 6.45) is 4.10. The molecule has 40 heavy (non-hydrogen) atoms. The highest BCUT2D eigenvalue weighted by Crippen LogP contribution is 2.40. The highest BCUT2D eigenvalue weighted by molar-refractivity contribution is 7.92. The van der Waals surface area contributed by atoms with Crippen LogP contribution in [-0.4, -0.2) is 35.2 Å². The minimum Gasteiger partial charge on any atom is -0.494 e. The van der Waals surface area contributed by atoms with Crippen molar-refractivity contribution >= 4 is 45.4 Å². The quantitative estimate of drug-likeness (QED) is 0.215. The number of carbonyl (C=O) groups is 1. The van der Waals surface area contributed by atoms with Gasteiger partial charge in [-0.1, -0.05) is 35.9 Å². The Labute approximate surface area is 238 Å². The summed E-state index contributed by atoms with van der Waals surface area (Å²) in [5, 5.41) is 0.250. The normalized spacial score (nSPS) is 15.7. The molecule has 0 aliphatic carbocycles. The Balaban J connectivity index is 1.78. The summed E-state index contributed by atoms with van der Waals surface area (Å²) in [6.45, 7) is 3.61. The van der Waals surface area contributed by atoms with E-state index in [-0.39, 0.29) is 39.7 Å². The van der Waals surface area contributed by atoms with Gasteiger partial charge in [0, 0.05) is 18.2 Å². The van der Waals surface area contributed by atoms with E-state index in [1.54, 1.807) is 32.1 Å². The number of hydrogen-bond acceptors (Lipinski definition) is 5. The lowest BCUT2D eigenvalue weighted by atomic mass is 9.79. The molecular weight excluding hydrogens is 560 g/mol. The first-order valence-electron chi connectivity index (χ1n) is 12.6. The van der Waals surface area contributed by atoms with Gasteiger partial charge < -0.3 is 9.47 Å². The van der Waals surface area contributed by atoms with Crippen LogP contribution in [0, 0.1) is 23.0 Å². The van der Waals surface area contributed by atoms with E-state index >= 15 is 0 Å². The van der Waals surface area contributed by atoms with Crippen LogP contribution in [0.1, 0.15) is 37.0 Å². The fourth-order valence-electron chi connectivity index (χ4n) is 5.02. The third kappa shape index (κ3) is 6.00. The summed E-state index contributed by atoms with van der Waals surface area (Å²) in [7, 11) is -1.59. The SMILES string of the molecule is COC(=O)C(C)(C)C[C@@H]1Cc2ccc(/C=C/c3c(F)cccc3Cl)cc2N(S(=O)(=O)c2ccc(F)c(OC)c2)C1. The maximum atomic E-state index is 14.3. The van der Waals surface area contributed by atoms with Crippen molar-refractivity contribution < 1.29 is 31.5 Å². The summed E-state index contributed by atoms with van der Waals surface area (Å²) in [5.74, 6) is -1.95. The van der Waals surface area contributed by atoms with Crippen molar-refractivity contribution in [3.05, 3.63) is 87.9 Å². The zero-order valence-corrected chi connectivity index (χ0v) is 24.2. The predicted octanol–water partition coefficient (Wildman–Crippen LogP) is 6.75. The summed E-state index contributed by atoms with van der Waals surface area (Å²) < 4.78 is 67.6. The number of hydrogen-bond donors (Lipinski definition) is 0. The maximum Gasteiger partial charge on any atom is 0.311 e. The Morgan fingerprint density at radius 3 is 2.50 bits per heavy atom. The van der Waals surface area contributed by atoms with Crippen LogP contribution in [0.3, 0.4) is 0 Å². The number of halogens is 3. The summed E-state index contributed by atoms with van der Waals surface area (Å²) in [5.41, 5.74) is 1.21. The molecule has 0 saturated carbocycles. The van der Waals surface area contributed by atoms with E-state index in [4.69, 9.17) is 21.1 Å². The molecular formula is C30H30ClF2NO5S. The molecule has 0 bridgehead atoms. The molecule has 1 aliphatic heterocycles. The molecule has 3 aromatic rings. The first-order chi connectivity index (χ1) is 18.9. The molecule has 10 heteroatoms. The van der Waals surface area contributed by atoms with Crippen LogP contribution >= 0.6 is 11.6 Å². The van der Waals surface area contributed by atoms with E-state index in [1.165, 1.54) is 42.8 Å². The number of ether oxygens (including phenoxy) is 2. The number of esters is 1. The zero-order chi connectivity index (χ0) is 29.2. The fraction of sp³-hybridized carbons (Fsp3) is 0.300. The van der Waals surface area contributed by atoms with Crippen LogP contribution in [0.5, 0.6) is 5.75 Å². The third-order valence-electron chi connectivity index (χ3n) is 7.00. The second-order valence-electron chi connectivity index (χ2n) is 10.3. The van der Waals surface area contributed by atoms with Crippen LogP contribution in [0.25, 0.3) is 12.2 Å². The van der Waals surface area contributed by atoms with Crippen LogP contribution in [0.2, 0.25) is 5.02 Å². The zero-order valence-electron chi connectivity index (χ0n) is 22.6. The van der Waals surface area contributed by atoms with Gasteiger partial charge in [0.15, 0.2) is 11.6 Å². The number of benzene rings is 3. The van der Waals surface area contributed by atoms with Crippen molar-refractivity contribution in [1.82, 2.24) is 0 Å². The summed E-state index contributed by atoms with van der Waals surface area (Å²) in [6, 6.07) is 13.1. The smallest absolute Gasteiger partial charge is 0.311 e. The molecule has 0 amide bonds. The van der Waals surface area contributed by atoms with Crippen molar-refractivity contribution in [2.24, 2.45) is 11.3 Å². The Hall–Kier alpha value is -3.43. The number of nitrogens with zero attached hydrogens (tertiary/aromatic N) is 1. The predicted molar refractivity (Wildman–Crippen MR) is 152 cm³/mol. The number of carbonyl (C=O) groups excluding carboxylic acids is 1. The number of sulfonamides is 1. The van der Waals surface area contributed by atoms with E-state index < -0.39 is 27.1 Å². The third-order valence-corrected chi connectivity index (χ3v) is 9.11. The average Bonchev–Trinajstić information content (AvgIpc) is 2.91. The molecule has 1 atom stereocenters. The fourth-order valence-corrected chi connectivity index (χ4v) is 6.83. The summed E-state index contributed by atoms with van der Waals surface area (Å²) >= 11 is 6.15. The molecule has 0 fully saturated rings. The average molecular weight is 590 g/mol. The lowest BCUT2D eigenvalue weighted by Crippen LogP contribution is -2.42. The van der Waals surface area contributed by atoms with Crippen molar-refractivity contribution in [2.75, 3.05) is 25.1 Å². The molecule has 4 rings (SSSR count). The number of fused-ring (bicyclic) bond motifs is 1. The van der Waals surface area contributed by atoms with E-state index in [0.717, 1.165) is 17.7 Å². The van der Waals surface area contributed by atoms with Gasteiger partial charge in [-0.3, -0.25) is 9.10 Å². The van der Waals surface area contributed by atoms with Crippen molar-refractivity contribution in [3.8, 4) is 5.75 Å². The molecule has 0 spiro atoms. The van der Waals surface area contributed by atoms with Crippen molar-refractivity contribution in [3.63, 3.8) is 0 Å². The van der Waals surface area contributed by atoms with Crippen LogP contribution in [-0.2, 0) is 26.0 Å². The second kappa shape index (κ2) is 11.6. The first-order valence-corrected chi connectivity index (χ1v) is 14.4. The highest BCUT2D eigenvalue weighted by atomic mass is 35.5. The van der Waals surface area contributed by atoms with Crippen molar-refractivity contribution in [2.45, 2.75) is 31.6 Å². The van der Waals surface area contributed by atoms with Gasteiger partial charge >= 0.3 is 5.97 Å². The Morgan fingerprint density at radius 2 is 1.82 bits per heavy atom. The van der Waals surface area contributed by atoms with Crippen molar-refractivity contribution in [1.29, 1.82) is 0 Å². The molecule has 0 unspecified atom stereocenters. The lowest BCUT2D eigenvalue weighted by molar-refractivity contribution is -0.151. The summed E-state index contributed by atoms with van der Waals surface area (Å²) in [4.78, 5) is 12.3. The van der Waals surface area contributed by atoms with Crippen LogP contribution in [0.15, 0.2) is 59.5 Å². The molecule has 0 saturated heterocycles. The largest absolute Gasteiger partial charge is 0.494 e. The van der Waals surface area contributed by atoms with Gasteiger partial charge in [-0.25, -0.2) is 17.2 Å². The lowest BCUT2D eigenvalue weighted by Gasteiger charge is -2.38. The minimum absolute atomic E-state index is 0.0851. The van der Waals surface area contributed by atoms with Gasteiger partial charge in [0.2, 0.25) is 0 Å². The molecule has 3 aromatic carbocycles. The topological polar surface area (TPSA) is 72.9 Å². The second-order valence-corrected chi connectivity index (χ2v) is 12.6. The van der Waals surface area contributed by atoms with Gasteiger partial charge in [-0.05, 0) is 80.1 Å². The van der Waals surface area contributed by atoms with Crippen LogP contribution in [0.4, 0.5) is 14.5 Å². The maximum absolute atomic E-state index is 14.3. The van der Waals surface area contributed by atoms with E-state index in [2.05, 4.69) is 0 Å². The van der Waals surface area contributed by atoms with Gasteiger partial charge in [0.1, 0.15) is 5.82 Å². The van der Waals surface area contributed by atoms with E-state index in [1.807, 2.05) is 12.1 Å². The van der Waals surface area contributed by atoms with Gasteiger partial charge in [0.05, 0.1) is 35.2 Å². The molecule has 6 nitrogen and oxygen atoms in total. The number of rotatable bonds is 8.